The summed E-state index contributed by atoms with van der Waals surface area (Å²) in [4.78, 5) is 21.6. The van der Waals surface area contributed by atoms with Crippen LogP contribution in [-0.2, 0) is 4.79 Å². The Morgan fingerprint density at radius 1 is 1.50 bits per heavy atom. The van der Waals surface area contributed by atoms with Gasteiger partial charge in [-0.1, -0.05) is 18.2 Å². The number of nitro groups is 1. The molecule has 0 spiro atoms. The maximum absolute atomic E-state index is 11.4. The number of nitro benzene ring substituents is 1. The number of allylic oxidation sites excluding steroid dienone is 2. The Balaban J connectivity index is 3.03. The Bertz CT molecular complexity index is 504. The molecule has 0 saturated carbocycles. The average molecular weight is 245 g/mol. The molecule has 0 aliphatic rings. The number of ketones is 1. The number of rotatable bonds is 6. The molecule has 94 valence electrons. The Hall–Kier alpha value is -2.23. The number of carbonyl (C=O) groups excluding carboxylic acids is 1. The van der Waals surface area contributed by atoms with Crippen LogP contribution < -0.4 is 0 Å². The molecule has 1 aromatic carbocycles. The van der Waals surface area contributed by atoms with Crippen LogP contribution in [-0.4, -0.2) is 10.7 Å². The number of benzene rings is 1. The molecule has 0 saturated heterocycles. The summed E-state index contributed by atoms with van der Waals surface area (Å²) in [5.41, 5.74) is 1.34. The van der Waals surface area contributed by atoms with Crippen molar-refractivity contribution >= 4 is 17.5 Å². The molecule has 1 aromatic rings. The summed E-state index contributed by atoms with van der Waals surface area (Å²) in [5.74, 6) is -0.0247. The quantitative estimate of drug-likeness (QED) is 0.333. The van der Waals surface area contributed by atoms with Gasteiger partial charge in [-0.2, -0.15) is 0 Å². The minimum atomic E-state index is -0.450. The van der Waals surface area contributed by atoms with Gasteiger partial charge >= 0.3 is 0 Å². The summed E-state index contributed by atoms with van der Waals surface area (Å²) in [6.07, 6.45) is 4.74. The number of carbonyl (C=O) groups is 1. The van der Waals surface area contributed by atoms with Gasteiger partial charge in [0, 0.05) is 12.1 Å². The zero-order valence-corrected chi connectivity index (χ0v) is 10.3. The molecule has 0 radical (unpaired) electrons. The van der Waals surface area contributed by atoms with Crippen molar-refractivity contribution < 1.29 is 9.72 Å². The number of hydrogen-bond acceptors (Lipinski definition) is 3. The Labute approximate surface area is 106 Å². The normalized spacial score (nSPS) is 11.1. The second kappa shape index (κ2) is 6.49. The summed E-state index contributed by atoms with van der Waals surface area (Å²) in [6.45, 7) is 5.10. The van der Waals surface area contributed by atoms with E-state index in [0.29, 0.717) is 24.0 Å². The zero-order chi connectivity index (χ0) is 13.5. The summed E-state index contributed by atoms with van der Waals surface area (Å²) < 4.78 is 0. The lowest BCUT2D eigenvalue weighted by atomic mass is 10.0. The molecule has 0 heterocycles. The first-order chi connectivity index (χ1) is 8.54. The highest BCUT2D eigenvalue weighted by atomic mass is 16.6. The largest absolute Gasteiger partial charge is 0.295 e. The van der Waals surface area contributed by atoms with Crippen molar-refractivity contribution in [2.75, 3.05) is 0 Å². The molecule has 1 rings (SSSR count). The monoisotopic (exact) mass is 245 g/mol. The number of hydrogen-bond donors (Lipinski definition) is 0. The molecule has 18 heavy (non-hydrogen) atoms. The minimum absolute atomic E-state index is 0.0235. The van der Waals surface area contributed by atoms with Crippen LogP contribution in [0.25, 0.3) is 6.08 Å². The lowest BCUT2D eigenvalue weighted by molar-refractivity contribution is -0.384. The molecule has 4 heteroatoms. The van der Waals surface area contributed by atoms with E-state index in [9.17, 15) is 14.9 Å². The van der Waals surface area contributed by atoms with Gasteiger partial charge in [-0.25, -0.2) is 0 Å². The molecular formula is C14H15NO3. The van der Waals surface area contributed by atoms with Gasteiger partial charge in [0.15, 0.2) is 5.78 Å². The topological polar surface area (TPSA) is 60.2 Å². The van der Waals surface area contributed by atoms with Crippen molar-refractivity contribution in [1.82, 2.24) is 0 Å². The third-order valence-electron chi connectivity index (χ3n) is 2.49. The van der Waals surface area contributed by atoms with Crippen LogP contribution in [0.1, 0.15) is 25.3 Å². The molecule has 0 aliphatic carbocycles. The lowest BCUT2D eigenvalue weighted by Crippen LogP contribution is -1.96. The van der Waals surface area contributed by atoms with E-state index in [-0.39, 0.29) is 11.5 Å². The number of non-ortho nitro benzene ring substituents is 1. The molecule has 0 aromatic heterocycles. The van der Waals surface area contributed by atoms with Crippen molar-refractivity contribution in [1.29, 1.82) is 0 Å². The molecular weight excluding hydrogens is 230 g/mol. The lowest BCUT2D eigenvalue weighted by Gasteiger charge is -2.02. The van der Waals surface area contributed by atoms with E-state index in [1.807, 2.05) is 0 Å². The van der Waals surface area contributed by atoms with E-state index in [4.69, 9.17) is 0 Å². The van der Waals surface area contributed by atoms with E-state index in [1.54, 1.807) is 24.3 Å². The smallest absolute Gasteiger partial charge is 0.270 e. The summed E-state index contributed by atoms with van der Waals surface area (Å²) in [7, 11) is 0. The van der Waals surface area contributed by atoms with Gasteiger partial charge < -0.3 is 0 Å². The van der Waals surface area contributed by atoms with Crippen LogP contribution in [0, 0.1) is 10.1 Å². The van der Waals surface area contributed by atoms with E-state index in [2.05, 4.69) is 6.58 Å². The maximum atomic E-state index is 11.4. The SMILES string of the molecule is C=CCC/C(=C\c1cccc([N+](=O)[O-])c1)C(C)=O. The zero-order valence-electron chi connectivity index (χ0n) is 10.3. The highest BCUT2D eigenvalue weighted by Crippen LogP contribution is 2.18. The van der Waals surface area contributed by atoms with Gasteiger partial charge in [0.2, 0.25) is 0 Å². The van der Waals surface area contributed by atoms with Crippen LogP contribution in [0.3, 0.4) is 0 Å². The molecule has 0 aliphatic heterocycles. The summed E-state index contributed by atoms with van der Waals surface area (Å²) in [6, 6.07) is 6.23. The fourth-order valence-electron chi connectivity index (χ4n) is 1.54. The van der Waals surface area contributed by atoms with Crippen LogP contribution in [0.4, 0.5) is 5.69 Å². The standard InChI is InChI=1S/C14H15NO3/c1-3-4-7-13(11(2)16)9-12-6-5-8-14(10-12)15(17)18/h3,5-6,8-10H,1,4,7H2,2H3/b13-9+. The van der Waals surface area contributed by atoms with Gasteiger partial charge in [-0.15, -0.1) is 6.58 Å². The average Bonchev–Trinajstić information content (AvgIpc) is 2.34. The van der Waals surface area contributed by atoms with E-state index in [0.717, 1.165) is 0 Å². The third-order valence-corrected chi connectivity index (χ3v) is 2.49. The molecule has 0 fully saturated rings. The van der Waals surface area contributed by atoms with Crippen LogP contribution in [0.5, 0.6) is 0 Å². The van der Waals surface area contributed by atoms with Crippen molar-refractivity contribution in [2.45, 2.75) is 19.8 Å². The van der Waals surface area contributed by atoms with E-state index >= 15 is 0 Å². The second-order valence-corrected chi connectivity index (χ2v) is 3.91. The molecule has 0 atom stereocenters. The first kappa shape index (κ1) is 13.8. The highest BCUT2D eigenvalue weighted by Gasteiger charge is 2.07. The first-order valence-electron chi connectivity index (χ1n) is 5.61. The molecule has 0 N–H and O–H groups in total. The first-order valence-corrected chi connectivity index (χ1v) is 5.61. The molecule has 0 amide bonds. The van der Waals surface area contributed by atoms with E-state index in [1.165, 1.54) is 19.1 Å². The van der Waals surface area contributed by atoms with Gasteiger partial charge in [0.1, 0.15) is 0 Å². The predicted octanol–water partition coefficient (Wildman–Crippen LogP) is 3.53. The van der Waals surface area contributed by atoms with Crippen LogP contribution in [0.2, 0.25) is 0 Å². The predicted molar refractivity (Wildman–Crippen MR) is 71.2 cm³/mol. The van der Waals surface area contributed by atoms with E-state index < -0.39 is 4.92 Å². The molecule has 4 nitrogen and oxygen atoms in total. The Kier molecular flexibility index (Phi) is 4.99. The Morgan fingerprint density at radius 3 is 2.78 bits per heavy atom. The minimum Gasteiger partial charge on any atom is -0.295 e. The number of nitrogens with zero attached hydrogens (tertiary/aromatic N) is 1. The highest BCUT2D eigenvalue weighted by molar-refractivity contribution is 5.97. The van der Waals surface area contributed by atoms with Gasteiger partial charge in [-0.3, -0.25) is 14.9 Å². The fourth-order valence-corrected chi connectivity index (χ4v) is 1.54. The third kappa shape index (κ3) is 3.97. The summed E-state index contributed by atoms with van der Waals surface area (Å²) >= 11 is 0. The van der Waals surface area contributed by atoms with Crippen LogP contribution >= 0.6 is 0 Å². The summed E-state index contributed by atoms with van der Waals surface area (Å²) in [5, 5.41) is 10.6. The Morgan fingerprint density at radius 2 is 2.22 bits per heavy atom. The van der Waals surface area contributed by atoms with Gasteiger partial charge in [0.05, 0.1) is 4.92 Å². The number of Topliss-reactive ketones (excluding diaryl/α,β-unsaturated/α-hetero) is 1. The van der Waals surface area contributed by atoms with Crippen molar-refractivity contribution in [3.63, 3.8) is 0 Å². The van der Waals surface area contributed by atoms with Gasteiger partial charge in [-0.05, 0) is 37.0 Å². The fraction of sp³-hybridized carbons (Fsp3) is 0.214. The van der Waals surface area contributed by atoms with Crippen molar-refractivity contribution in [2.24, 2.45) is 0 Å². The van der Waals surface area contributed by atoms with Gasteiger partial charge in [0.25, 0.3) is 5.69 Å². The van der Waals surface area contributed by atoms with Crippen LogP contribution in [0.15, 0.2) is 42.5 Å². The molecule has 0 unspecified atom stereocenters. The van der Waals surface area contributed by atoms with Crippen molar-refractivity contribution in [3.8, 4) is 0 Å². The maximum Gasteiger partial charge on any atom is 0.270 e. The van der Waals surface area contributed by atoms with Crippen molar-refractivity contribution in [3.05, 3.63) is 58.2 Å². The second-order valence-electron chi connectivity index (χ2n) is 3.91. The molecule has 0 bridgehead atoms.